The molecule has 0 spiro atoms. The fraction of sp³-hybridized carbons (Fsp3) is 0.231. The monoisotopic (exact) mass is 265 g/mol. The molecule has 6 heteroatoms. The van der Waals surface area contributed by atoms with Crippen LogP contribution in [0.4, 0.5) is 8.78 Å². The summed E-state index contributed by atoms with van der Waals surface area (Å²) in [7, 11) is 0. The van der Waals surface area contributed by atoms with Crippen molar-refractivity contribution in [3.05, 3.63) is 54.1 Å². The SMILES string of the molecule is CC(Cn1ccnc1)NC(=O)c1cccc(F)c1F. The lowest BCUT2D eigenvalue weighted by Gasteiger charge is -2.14. The molecule has 2 rings (SSSR count). The molecule has 0 aliphatic rings. The van der Waals surface area contributed by atoms with Crippen molar-refractivity contribution < 1.29 is 13.6 Å². The molecule has 1 N–H and O–H groups in total. The van der Waals surface area contributed by atoms with Gasteiger partial charge in [-0.1, -0.05) is 6.07 Å². The molecule has 1 heterocycles. The number of imidazole rings is 1. The molecule has 0 aliphatic carbocycles. The van der Waals surface area contributed by atoms with Crippen LogP contribution in [-0.4, -0.2) is 21.5 Å². The van der Waals surface area contributed by atoms with Crippen LogP contribution < -0.4 is 5.32 Å². The molecule has 1 aromatic heterocycles. The molecule has 4 nitrogen and oxygen atoms in total. The van der Waals surface area contributed by atoms with Crippen LogP contribution in [0.1, 0.15) is 17.3 Å². The van der Waals surface area contributed by atoms with Gasteiger partial charge in [0.1, 0.15) is 0 Å². The normalized spacial score (nSPS) is 12.2. The Morgan fingerprint density at radius 3 is 2.95 bits per heavy atom. The predicted octanol–water partition coefficient (Wildman–Crippen LogP) is 1.98. The van der Waals surface area contributed by atoms with Crippen molar-refractivity contribution in [1.82, 2.24) is 14.9 Å². The molecule has 1 amide bonds. The van der Waals surface area contributed by atoms with Crippen LogP contribution in [0.25, 0.3) is 0 Å². The summed E-state index contributed by atoms with van der Waals surface area (Å²) in [6, 6.07) is 3.29. The molecular weight excluding hydrogens is 252 g/mol. The van der Waals surface area contributed by atoms with Gasteiger partial charge in [-0.15, -0.1) is 0 Å². The minimum Gasteiger partial charge on any atom is -0.348 e. The van der Waals surface area contributed by atoms with Gasteiger partial charge in [-0.2, -0.15) is 0 Å². The maximum atomic E-state index is 13.4. The number of halogens is 2. The second-order valence-electron chi connectivity index (χ2n) is 4.24. The first-order valence-corrected chi connectivity index (χ1v) is 5.78. The number of rotatable bonds is 4. The van der Waals surface area contributed by atoms with Gasteiger partial charge < -0.3 is 9.88 Å². The molecule has 1 atom stereocenters. The van der Waals surface area contributed by atoms with E-state index in [0.717, 1.165) is 6.07 Å². The van der Waals surface area contributed by atoms with E-state index in [1.165, 1.54) is 12.1 Å². The lowest BCUT2D eigenvalue weighted by molar-refractivity contribution is 0.0931. The van der Waals surface area contributed by atoms with Crippen LogP contribution in [0.2, 0.25) is 0 Å². The number of nitrogens with zero attached hydrogens (tertiary/aromatic N) is 2. The van der Waals surface area contributed by atoms with E-state index in [2.05, 4.69) is 10.3 Å². The quantitative estimate of drug-likeness (QED) is 0.918. The Balaban J connectivity index is 2.02. The molecule has 1 aromatic carbocycles. The zero-order valence-electron chi connectivity index (χ0n) is 10.3. The van der Waals surface area contributed by atoms with E-state index in [1.807, 2.05) is 0 Å². The second kappa shape index (κ2) is 5.60. The van der Waals surface area contributed by atoms with Gasteiger partial charge in [0.15, 0.2) is 11.6 Å². The number of benzene rings is 1. The molecule has 0 radical (unpaired) electrons. The Morgan fingerprint density at radius 1 is 1.47 bits per heavy atom. The molecule has 0 saturated carbocycles. The van der Waals surface area contributed by atoms with E-state index in [0.29, 0.717) is 6.54 Å². The molecule has 0 aliphatic heterocycles. The van der Waals surface area contributed by atoms with Crippen LogP contribution in [0.5, 0.6) is 0 Å². The van der Waals surface area contributed by atoms with Gasteiger partial charge in [0.05, 0.1) is 11.9 Å². The molecule has 0 saturated heterocycles. The van der Waals surface area contributed by atoms with Crippen LogP contribution in [0, 0.1) is 11.6 Å². The third kappa shape index (κ3) is 3.15. The van der Waals surface area contributed by atoms with E-state index in [9.17, 15) is 13.6 Å². The van der Waals surface area contributed by atoms with Gasteiger partial charge in [-0.25, -0.2) is 13.8 Å². The van der Waals surface area contributed by atoms with Crippen LogP contribution in [0.3, 0.4) is 0 Å². The summed E-state index contributed by atoms with van der Waals surface area (Å²) in [5, 5.41) is 2.61. The topological polar surface area (TPSA) is 46.9 Å². The van der Waals surface area contributed by atoms with E-state index in [4.69, 9.17) is 0 Å². The molecule has 2 aromatic rings. The van der Waals surface area contributed by atoms with Crippen molar-refractivity contribution in [2.75, 3.05) is 0 Å². The van der Waals surface area contributed by atoms with E-state index >= 15 is 0 Å². The number of hydrogen-bond acceptors (Lipinski definition) is 2. The van der Waals surface area contributed by atoms with Crippen molar-refractivity contribution in [2.24, 2.45) is 0 Å². The average molecular weight is 265 g/mol. The Labute approximate surface area is 109 Å². The van der Waals surface area contributed by atoms with E-state index in [1.54, 1.807) is 30.2 Å². The molecule has 19 heavy (non-hydrogen) atoms. The minimum atomic E-state index is -1.13. The standard InChI is InChI=1S/C13H13F2N3O/c1-9(7-18-6-5-16-8-18)17-13(19)10-3-2-4-11(14)12(10)15/h2-6,8-9H,7H2,1H3,(H,17,19). The number of amides is 1. The molecule has 0 fully saturated rings. The van der Waals surface area contributed by atoms with Gasteiger partial charge in [0, 0.05) is 25.0 Å². The van der Waals surface area contributed by atoms with Crippen LogP contribution in [-0.2, 0) is 6.54 Å². The zero-order chi connectivity index (χ0) is 13.8. The van der Waals surface area contributed by atoms with E-state index < -0.39 is 17.5 Å². The van der Waals surface area contributed by atoms with Gasteiger partial charge in [-0.05, 0) is 19.1 Å². The summed E-state index contributed by atoms with van der Waals surface area (Å²) in [6.07, 6.45) is 5.00. The summed E-state index contributed by atoms with van der Waals surface area (Å²) < 4.78 is 28.2. The summed E-state index contributed by atoms with van der Waals surface area (Å²) in [4.78, 5) is 15.7. The Hall–Kier alpha value is -2.24. The highest BCUT2D eigenvalue weighted by Gasteiger charge is 2.16. The fourth-order valence-electron chi connectivity index (χ4n) is 1.74. The van der Waals surface area contributed by atoms with Crippen LogP contribution in [0.15, 0.2) is 36.9 Å². The van der Waals surface area contributed by atoms with Gasteiger partial charge in [-0.3, -0.25) is 4.79 Å². The molecule has 0 bridgehead atoms. The molecular formula is C13H13F2N3O. The number of aromatic nitrogens is 2. The average Bonchev–Trinajstić information content (AvgIpc) is 2.85. The third-order valence-corrected chi connectivity index (χ3v) is 2.62. The highest BCUT2D eigenvalue weighted by Crippen LogP contribution is 2.11. The number of carbonyl (C=O) groups is 1. The molecule has 100 valence electrons. The lowest BCUT2D eigenvalue weighted by atomic mass is 10.2. The van der Waals surface area contributed by atoms with Gasteiger partial charge in [0.25, 0.3) is 5.91 Å². The molecule has 1 unspecified atom stereocenters. The van der Waals surface area contributed by atoms with Crippen molar-refractivity contribution in [3.63, 3.8) is 0 Å². The summed E-state index contributed by atoms with van der Waals surface area (Å²) >= 11 is 0. The highest BCUT2D eigenvalue weighted by molar-refractivity contribution is 5.94. The Morgan fingerprint density at radius 2 is 2.26 bits per heavy atom. The number of hydrogen-bond donors (Lipinski definition) is 1. The zero-order valence-corrected chi connectivity index (χ0v) is 10.3. The number of nitrogens with one attached hydrogen (secondary N) is 1. The summed E-state index contributed by atoms with van der Waals surface area (Å²) in [5.41, 5.74) is -0.294. The van der Waals surface area contributed by atoms with Gasteiger partial charge in [0.2, 0.25) is 0 Å². The maximum absolute atomic E-state index is 13.4. The van der Waals surface area contributed by atoms with E-state index in [-0.39, 0.29) is 11.6 Å². The summed E-state index contributed by atoms with van der Waals surface area (Å²) in [5.74, 6) is -2.80. The lowest BCUT2D eigenvalue weighted by Crippen LogP contribution is -2.36. The Bertz CT molecular complexity index is 569. The minimum absolute atomic E-state index is 0.232. The largest absolute Gasteiger partial charge is 0.348 e. The second-order valence-corrected chi connectivity index (χ2v) is 4.24. The van der Waals surface area contributed by atoms with Crippen molar-refractivity contribution in [3.8, 4) is 0 Å². The number of carbonyl (C=O) groups excluding carboxylic acids is 1. The smallest absolute Gasteiger partial charge is 0.254 e. The fourth-order valence-corrected chi connectivity index (χ4v) is 1.74. The third-order valence-electron chi connectivity index (χ3n) is 2.62. The van der Waals surface area contributed by atoms with Crippen LogP contribution >= 0.6 is 0 Å². The highest BCUT2D eigenvalue weighted by atomic mass is 19.2. The van der Waals surface area contributed by atoms with Crippen molar-refractivity contribution in [1.29, 1.82) is 0 Å². The van der Waals surface area contributed by atoms with Crippen molar-refractivity contribution in [2.45, 2.75) is 19.5 Å². The Kier molecular flexibility index (Phi) is 3.89. The first-order valence-electron chi connectivity index (χ1n) is 5.78. The van der Waals surface area contributed by atoms with Gasteiger partial charge >= 0.3 is 0 Å². The summed E-state index contributed by atoms with van der Waals surface area (Å²) in [6.45, 7) is 2.28. The first-order chi connectivity index (χ1) is 9.08. The maximum Gasteiger partial charge on any atom is 0.254 e. The predicted molar refractivity (Wildman–Crippen MR) is 65.5 cm³/mol. The van der Waals surface area contributed by atoms with Crippen molar-refractivity contribution >= 4 is 5.91 Å². The first kappa shape index (κ1) is 13.2.